The lowest BCUT2D eigenvalue weighted by Crippen LogP contribution is -2.16. The Morgan fingerprint density at radius 1 is 1.11 bits per heavy atom. The van der Waals surface area contributed by atoms with Gasteiger partial charge in [-0.25, -0.2) is 8.42 Å². The molecule has 3 aromatic rings. The molecule has 11 heteroatoms. The van der Waals surface area contributed by atoms with Crippen LogP contribution in [0.4, 0.5) is 0 Å². The predicted octanol–water partition coefficient (Wildman–Crippen LogP) is 1.54. The number of fused-ring (bicyclic) bond motifs is 1. The Morgan fingerprint density at radius 2 is 1.81 bits per heavy atom. The summed E-state index contributed by atoms with van der Waals surface area (Å²) in [5, 5.41) is 28.6. The van der Waals surface area contributed by atoms with Crippen molar-refractivity contribution >= 4 is 21.4 Å². The van der Waals surface area contributed by atoms with Crippen molar-refractivity contribution in [2.45, 2.75) is 0 Å². The maximum atomic E-state index is 12.6. The second kappa shape index (κ2) is 6.37. The summed E-state index contributed by atoms with van der Waals surface area (Å²) >= 11 is 0. The van der Waals surface area contributed by atoms with Crippen LogP contribution in [-0.2, 0) is 10.4 Å². The zero-order valence-corrected chi connectivity index (χ0v) is 14.3. The Bertz CT molecular complexity index is 1220. The molecule has 0 bridgehead atoms. The number of methoxy groups -OCH3 is 1. The maximum Gasteiger partial charge on any atom is 1.00 e. The van der Waals surface area contributed by atoms with Crippen LogP contribution in [0.1, 0.15) is 1.43 Å². The van der Waals surface area contributed by atoms with E-state index in [4.69, 9.17) is 9.15 Å². The van der Waals surface area contributed by atoms with E-state index in [-0.39, 0.29) is 24.1 Å². The first-order valence-corrected chi connectivity index (χ1v) is 8.49. The van der Waals surface area contributed by atoms with Gasteiger partial charge in [-0.05, 0) is 18.2 Å². The standard InChI is InChI=1S/C16H12O10S/c1-24-11-4-7(2-3-9(11)18)15-16(26-27(21,22)23)14(20)13-10(19)5-8(17)6-12(13)25-15/h2-6,17-19H,1H3,(H,21,22,23). The molecule has 0 unspecified atom stereocenters. The van der Waals surface area contributed by atoms with E-state index < -0.39 is 44.2 Å². The zero-order valence-electron chi connectivity index (χ0n) is 14.5. The van der Waals surface area contributed by atoms with Gasteiger partial charge in [-0.3, -0.25) is 4.79 Å². The summed E-state index contributed by atoms with van der Waals surface area (Å²) in [7, 11) is -4.11. The van der Waals surface area contributed by atoms with Gasteiger partial charge in [0.05, 0.1) is 7.11 Å². The van der Waals surface area contributed by atoms with E-state index in [2.05, 4.69) is 4.18 Å². The van der Waals surface area contributed by atoms with Crippen molar-refractivity contribution in [2.24, 2.45) is 0 Å². The molecule has 0 atom stereocenters. The Labute approximate surface area is 152 Å². The molecule has 0 fully saturated rings. The van der Waals surface area contributed by atoms with E-state index in [1.54, 1.807) is 0 Å². The summed E-state index contributed by atoms with van der Waals surface area (Å²) in [4.78, 5) is 12.6. The van der Waals surface area contributed by atoms with Gasteiger partial charge in [0.1, 0.15) is 22.5 Å². The van der Waals surface area contributed by atoms with Crippen LogP contribution >= 0.6 is 0 Å². The molecular formula is C16H12O10S. The first-order valence-electron chi connectivity index (χ1n) is 7.16. The average molecular weight is 396 g/mol. The smallest absolute Gasteiger partial charge is 0.716 e. The number of phenolic OH excluding ortho intramolecular Hbond substituents is 3. The largest absolute Gasteiger partial charge is 1.00 e. The van der Waals surface area contributed by atoms with Crippen LogP contribution in [-0.4, -0.2) is 35.4 Å². The van der Waals surface area contributed by atoms with Crippen LogP contribution in [0.3, 0.4) is 0 Å². The highest BCUT2D eigenvalue weighted by atomic mass is 32.3. The van der Waals surface area contributed by atoms with Crippen molar-refractivity contribution in [3.8, 4) is 40.1 Å². The lowest BCUT2D eigenvalue weighted by atomic mass is 10.1. The predicted molar refractivity (Wildman–Crippen MR) is 90.9 cm³/mol. The van der Waals surface area contributed by atoms with Gasteiger partial charge in [-0.1, -0.05) is 0 Å². The molecule has 2 aromatic carbocycles. The van der Waals surface area contributed by atoms with Crippen LogP contribution in [0, 0.1) is 0 Å². The fourth-order valence-corrected chi connectivity index (χ4v) is 2.81. The minimum Gasteiger partial charge on any atom is -0.716 e. The van der Waals surface area contributed by atoms with E-state index in [0.29, 0.717) is 0 Å². The van der Waals surface area contributed by atoms with Crippen LogP contribution in [0.5, 0.6) is 28.7 Å². The molecular weight excluding hydrogens is 384 g/mol. The average Bonchev–Trinajstić information content (AvgIpc) is 2.56. The molecule has 0 aliphatic heterocycles. The lowest BCUT2D eigenvalue weighted by Gasteiger charge is -2.14. The van der Waals surface area contributed by atoms with Gasteiger partial charge in [0.25, 0.3) is 10.4 Å². The number of ether oxygens (including phenoxy) is 1. The summed E-state index contributed by atoms with van der Waals surface area (Å²) < 4.78 is 47.8. The monoisotopic (exact) mass is 396 g/mol. The van der Waals surface area contributed by atoms with Gasteiger partial charge < -0.3 is 33.2 Å². The van der Waals surface area contributed by atoms with Crippen LogP contribution < -0.4 is 14.3 Å². The third-order valence-electron chi connectivity index (χ3n) is 3.54. The second-order valence-corrected chi connectivity index (χ2v) is 6.29. The van der Waals surface area contributed by atoms with Gasteiger partial charge in [0.15, 0.2) is 17.3 Å². The van der Waals surface area contributed by atoms with Crippen molar-refractivity contribution in [1.82, 2.24) is 0 Å². The number of rotatable bonds is 4. The minimum atomic E-state index is -5.37. The Balaban J connectivity index is 0.00000280. The highest BCUT2D eigenvalue weighted by Gasteiger charge is 2.23. The normalized spacial score (nSPS) is 11.5. The molecule has 0 radical (unpaired) electrons. The molecule has 0 saturated heterocycles. The van der Waals surface area contributed by atoms with Crippen LogP contribution in [0.2, 0.25) is 0 Å². The van der Waals surface area contributed by atoms with Gasteiger partial charge in [0.2, 0.25) is 11.2 Å². The molecule has 1 aromatic heterocycles. The Morgan fingerprint density at radius 3 is 2.44 bits per heavy atom. The Kier molecular flexibility index (Phi) is 4.33. The number of aromatic hydroxyl groups is 3. The first-order chi connectivity index (χ1) is 12.6. The topological polar surface area (TPSA) is 167 Å². The number of phenols is 3. The zero-order chi connectivity index (χ0) is 19.9. The first kappa shape index (κ1) is 18.4. The molecule has 27 heavy (non-hydrogen) atoms. The number of hydrogen-bond acceptors (Lipinski definition) is 10. The van der Waals surface area contributed by atoms with Crippen molar-refractivity contribution in [2.75, 3.05) is 7.11 Å². The number of hydrogen-bond donors (Lipinski definition) is 3. The van der Waals surface area contributed by atoms with E-state index in [1.807, 2.05) is 0 Å². The van der Waals surface area contributed by atoms with Crippen LogP contribution in [0.15, 0.2) is 39.5 Å². The summed E-state index contributed by atoms with van der Waals surface area (Å²) in [5.41, 5.74) is -1.43. The molecule has 142 valence electrons. The van der Waals surface area contributed by atoms with E-state index in [1.165, 1.54) is 25.3 Å². The molecule has 3 N–H and O–H groups in total. The SMILES string of the molecule is COc1cc(-c2oc3cc(O)cc(O)c3c(=O)c2OS(=O)(=O)[O-])ccc1O.[H+]. The van der Waals surface area contributed by atoms with Gasteiger partial charge >= 0.3 is 1.43 Å². The summed E-state index contributed by atoms with van der Waals surface area (Å²) in [6.07, 6.45) is 0. The highest BCUT2D eigenvalue weighted by molar-refractivity contribution is 7.81. The second-order valence-electron chi connectivity index (χ2n) is 5.31. The van der Waals surface area contributed by atoms with Crippen molar-refractivity contribution in [3.63, 3.8) is 0 Å². The third kappa shape index (κ3) is 3.45. The molecule has 10 nitrogen and oxygen atoms in total. The molecule has 0 aliphatic rings. The van der Waals surface area contributed by atoms with E-state index >= 15 is 0 Å². The van der Waals surface area contributed by atoms with Gasteiger partial charge in [-0.2, -0.15) is 0 Å². The summed E-state index contributed by atoms with van der Waals surface area (Å²) in [6.45, 7) is 0. The third-order valence-corrected chi connectivity index (χ3v) is 3.92. The molecule has 0 saturated carbocycles. The maximum absolute atomic E-state index is 12.6. The summed E-state index contributed by atoms with van der Waals surface area (Å²) in [5.74, 6) is -2.91. The van der Waals surface area contributed by atoms with E-state index in [9.17, 15) is 33.1 Å². The molecule has 0 aliphatic carbocycles. The fraction of sp³-hybridized carbons (Fsp3) is 0.0625. The summed E-state index contributed by atoms with van der Waals surface area (Å²) in [6, 6.07) is 5.46. The molecule has 0 spiro atoms. The van der Waals surface area contributed by atoms with Crippen molar-refractivity contribution in [3.05, 3.63) is 40.6 Å². The highest BCUT2D eigenvalue weighted by Crippen LogP contribution is 2.38. The van der Waals surface area contributed by atoms with Crippen molar-refractivity contribution in [1.29, 1.82) is 0 Å². The van der Waals surface area contributed by atoms with Gasteiger partial charge in [-0.15, -0.1) is 0 Å². The van der Waals surface area contributed by atoms with Crippen LogP contribution in [0.25, 0.3) is 22.3 Å². The fourth-order valence-electron chi connectivity index (χ4n) is 2.45. The lowest BCUT2D eigenvalue weighted by molar-refractivity contribution is 0.366. The van der Waals surface area contributed by atoms with E-state index in [0.717, 1.165) is 12.1 Å². The quantitative estimate of drug-likeness (QED) is 0.434. The molecule has 3 rings (SSSR count). The van der Waals surface area contributed by atoms with Crippen molar-refractivity contribution < 1.29 is 43.1 Å². The minimum absolute atomic E-state index is 0. The molecule has 1 heterocycles. The molecule has 0 amide bonds. The Hall–Kier alpha value is -3.44. The van der Waals surface area contributed by atoms with Gasteiger partial charge in [0, 0.05) is 17.7 Å². The number of benzene rings is 2.